The molecule has 2 N–H and O–H groups in total. The van der Waals surface area contributed by atoms with Gasteiger partial charge in [0.25, 0.3) is 0 Å². The molecule has 0 spiro atoms. The lowest BCUT2D eigenvalue weighted by atomic mass is 10.1. The Morgan fingerprint density at radius 2 is 1.85 bits per heavy atom. The van der Waals surface area contributed by atoms with Gasteiger partial charge in [0.15, 0.2) is 17.1 Å². The lowest BCUT2D eigenvalue weighted by molar-refractivity contribution is -0.165. The molecule has 0 saturated carbocycles. The van der Waals surface area contributed by atoms with Crippen LogP contribution in [0.2, 0.25) is 0 Å². The van der Waals surface area contributed by atoms with Gasteiger partial charge in [-0.3, -0.25) is 9.59 Å². The average molecular weight is 308 g/mol. The minimum absolute atomic E-state index is 0.415. The standard InChI is InChI=1S/C12H20O7S/c1-4-20-12(6-14)11(18-8(3)16)10(17-7(2)15)9(5-13)19-12/h9-11,13-14H,4-6H2,1-3H3/t9-,10-,11+,12-/m1/s1. The Labute approximate surface area is 121 Å². The van der Waals surface area contributed by atoms with E-state index < -0.39 is 48.4 Å². The molecular weight excluding hydrogens is 288 g/mol. The second-order valence-electron chi connectivity index (χ2n) is 4.35. The topological polar surface area (TPSA) is 102 Å². The van der Waals surface area contributed by atoms with Crippen LogP contribution in [0.3, 0.4) is 0 Å². The Hall–Kier alpha value is -0.830. The molecule has 1 heterocycles. The summed E-state index contributed by atoms with van der Waals surface area (Å²) < 4.78 is 15.9. The first kappa shape index (κ1) is 17.2. The quantitative estimate of drug-likeness (QED) is 0.644. The monoisotopic (exact) mass is 308 g/mol. The summed E-state index contributed by atoms with van der Waals surface area (Å²) in [6, 6.07) is 0. The number of carbonyl (C=O) groups is 2. The van der Waals surface area contributed by atoms with Crippen LogP contribution in [-0.2, 0) is 23.8 Å². The summed E-state index contributed by atoms with van der Waals surface area (Å²) in [5.41, 5.74) is 0. The third-order valence-corrected chi connectivity index (χ3v) is 4.07. The number of thioether (sulfide) groups is 1. The van der Waals surface area contributed by atoms with Crippen LogP contribution in [0, 0.1) is 0 Å². The number of rotatable bonds is 6. The highest BCUT2D eigenvalue weighted by Crippen LogP contribution is 2.43. The lowest BCUT2D eigenvalue weighted by Gasteiger charge is -2.31. The van der Waals surface area contributed by atoms with Crippen molar-refractivity contribution in [2.24, 2.45) is 0 Å². The van der Waals surface area contributed by atoms with E-state index in [2.05, 4.69) is 0 Å². The van der Waals surface area contributed by atoms with Gasteiger partial charge in [0.2, 0.25) is 0 Å². The summed E-state index contributed by atoms with van der Waals surface area (Å²) in [7, 11) is 0. The molecule has 116 valence electrons. The maximum absolute atomic E-state index is 11.3. The largest absolute Gasteiger partial charge is 0.456 e. The molecule has 4 atom stereocenters. The van der Waals surface area contributed by atoms with E-state index in [-0.39, 0.29) is 0 Å². The van der Waals surface area contributed by atoms with Crippen LogP contribution >= 0.6 is 11.8 Å². The fraction of sp³-hybridized carbons (Fsp3) is 0.833. The molecule has 0 unspecified atom stereocenters. The van der Waals surface area contributed by atoms with Gasteiger partial charge in [0, 0.05) is 13.8 Å². The van der Waals surface area contributed by atoms with Crippen LogP contribution in [0.5, 0.6) is 0 Å². The molecule has 0 amide bonds. The third-order valence-electron chi connectivity index (χ3n) is 2.83. The van der Waals surface area contributed by atoms with Crippen LogP contribution in [0.25, 0.3) is 0 Å². The Balaban J connectivity index is 3.10. The van der Waals surface area contributed by atoms with Crippen LogP contribution < -0.4 is 0 Å². The summed E-state index contributed by atoms with van der Waals surface area (Å²) in [5, 5.41) is 19.0. The molecular formula is C12H20O7S. The van der Waals surface area contributed by atoms with Gasteiger partial charge in [0.1, 0.15) is 6.10 Å². The number of aliphatic hydroxyl groups is 2. The first-order chi connectivity index (χ1) is 9.40. The van der Waals surface area contributed by atoms with E-state index in [0.717, 1.165) is 0 Å². The van der Waals surface area contributed by atoms with Gasteiger partial charge in [-0.1, -0.05) is 6.92 Å². The maximum Gasteiger partial charge on any atom is 0.303 e. The summed E-state index contributed by atoms with van der Waals surface area (Å²) in [5.74, 6) is -0.572. The Bertz CT molecular complexity index is 362. The predicted molar refractivity (Wildman–Crippen MR) is 71.0 cm³/mol. The van der Waals surface area contributed by atoms with Crippen molar-refractivity contribution >= 4 is 23.7 Å². The van der Waals surface area contributed by atoms with Crippen molar-refractivity contribution in [3.63, 3.8) is 0 Å². The van der Waals surface area contributed by atoms with E-state index in [1.54, 1.807) is 0 Å². The van der Waals surface area contributed by atoms with Crippen LogP contribution in [-0.4, -0.2) is 64.4 Å². The number of aliphatic hydroxyl groups excluding tert-OH is 2. The zero-order valence-corrected chi connectivity index (χ0v) is 12.5. The molecule has 1 aliphatic rings. The summed E-state index contributed by atoms with van der Waals surface area (Å²) in [6.45, 7) is 3.43. The van der Waals surface area contributed by atoms with Crippen molar-refractivity contribution in [3.8, 4) is 0 Å². The van der Waals surface area contributed by atoms with E-state index in [0.29, 0.717) is 5.75 Å². The van der Waals surface area contributed by atoms with Gasteiger partial charge in [-0.25, -0.2) is 0 Å². The minimum Gasteiger partial charge on any atom is -0.456 e. The average Bonchev–Trinajstić information content (AvgIpc) is 2.64. The molecule has 0 aromatic rings. The smallest absolute Gasteiger partial charge is 0.303 e. The predicted octanol–water partition coefficient (Wildman–Crippen LogP) is -0.317. The Morgan fingerprint density at radius 3 is 2.25 bits per heavy atom. The van der Waals surface area contributed by atoms with Crippen molar-refractivity contribution in [1.29, 1.82) is 0 Å². The number of hydrogen-bond acceptors (Lipinski definition) is 8. The molecule has 1 aliphatic heterocycles. The summed E-state index contributed by atoms with van der Waals surface area (Å²) >= 11 is 1.23. The lowest BCUT2D eigenvalue weighted by Crippen LogP contribution is -2.47. The second kappa shape index (κ2) is 7.26. The van der Waals surface area contributed by atoms with E-state index in [4.69, 9.17) is 14.2 Å². The molecule has 0 aromatic carbocycles. The zero-order valence-electron chi connectivity index (χ0n) is 11.7. The van der Waals surface area contributed by atoms with Crippen LogP contribution in [0.1, 0.15) is 20.8 Å². The number of esters is 2. The molecule has 0 aliphatic carbocycles. The highest BCUT2D eigenvalue weighted by molar-refractivity contribution is 8.00. The molecule has 0 aromatic heterocycles. The van der Waals surface area contributed by atoms with Crippen molar-refractivity contribution in [1.82, 2.24) is 0 Å². The molecule has 1 saturated heterocycles. The van der Waals surface area contributed by atoms with E-state index in [9.17, 15) is 19.8 Å². The van der Waals surface area contributed by atoms with E-state index >= 15 is 0 Å². The van der Waals surface area contributed by atoms with Crippen molar-refractivity contribution in [2.75, 3.05) is 19.0 Å². The zero-order chi connectivity index (χ0) is 15.3. The molecule has 0 bridgehead atoms. The molecule has 7 nitrogen and oxygen atoms in total. The van der Waals surface area contributed by atoms with Gasteiger partial charge < -0.3 is 24.4 Å². The van der Waals surface area contributed by atoms with Crippen molar-refractivity contribution < 1.29 is 34.0 Å². The highest BCUT2D eigenvalue weighted by atomic mass is 32.2. The van der Waals surface area contributed by atoms with Crippen molar-refractivity contribution in [3.05, 3.63) is 0 Å². The first-order valence-electron chi connectivity index (χ1n) is 6.28. The van der Waals surface area contributed by atoms with Gasteiger partial charge in [-0.05, 0) is 5.75 Å². The minimum atomic E-state index is -1.24. The highest BCUT2D eigenvalue weighted by Gasteiger charge is 2.58. The fourth-order valence-electron chi connectivity index (χ4n) is 2.18. The fourth-order valence-corrected chi connectivity index (χ4v) is 3.29. The molecule has 1 rings (SSSR count). The molecule has 20 heavy (non-hydrogen) atoms. The van der Waals surface area contributed by atoms with Crippen molar-refractivity contribution in [2.45, 2.75) is 44.0 Å². The number of carbonyl (C=O) groups excluding carboxylic acids is 2. The van der Waals surface area contributed by atoms with Crippen LogP contribution in [0.4, 0.5) is 0 Å². The number of hydrogen-bond donors (Lipinski definition) is 2. The van der Waals surface area contributed by atoms with Gasteiger partial charge in [0.05, 0.1) is 13.2 Å². The number of ether oxygens (including phenoxy) is 3. The summed E-state index contributed by atoms with van der Waals surface area (Å²) in [4.78, 5) is 21.2. The normalized spacial score (nSPS) is 33.0. The maximum atomic E-state index is 11.3. The SMILES string of the molecule is CCS[C@@]1(CO)O[C@H](CO)[C@@H](OC(C)=O)[C@@H]1OC(C)=O. The summed E-state index contributed by atoms with van der Waals surface area (Å²) in [6.07, 6.45) is -2.78. The third kappa shape index (κ3) is 3.63. The van der Waals surface area contributed by atoms with Crippen LogP contribution in [0.15, 0.2) is 0 Å². The first-order valence-corrected chi connectivity index (χ1v) is 7.26. The Kier molecular flexibility index (Phi) is 6.25. The molecule has 0 radical (unpaired) electrons. The molecule has 8 heteroatoms. The Morgan fingerprint density at radius 1 is 1.25 bits per heavy atom. The van der Waals surface area contributed by atoms with Gasteiger partial charge >= 0.3 is 11.9 Å². The second-order valence-corrected chi connectivity index (χ2v) is 5.90. The van der Waals surface area contributed by atoms with E-state index in [1.807, 2.05) is 6.92 Å². The van der Waals surface area contributed by atoms with E-state index in [1.165, 1.54) is 25.6 Å². The van der Waals surface area contributed by atoms with Gasteiger partial charge in [-0.2, -0.15) is 0 Å². The molecule has 1 fully saturated rings. The van der Waals surface area contributed by atoms with Gasteiger partial charge in [-0.15, -0.1) is 11.8 Å².